The summed E-state index contributed by atoms with van der Waals surface area (Å²) in [5.74, 6) is 1.01. The van der Waals surface area contributed by atoms with Gasteiger partial charge in [-0.2, -0.15) is 5.26 Å². The van der Waals surface area contributed by atoms with E-state index in [1.165, 1.54) is 19.1 Å². The summed E-state index contributed by atoms with van der Waals surface area (Å²) in [6, 6.07) is 45.8. The molecule has 0 unspecified atom stereocenters. The summed E-state index contributed by atoms with van der Waals surface area (Å²) < 4.78 is 27.1. The highest BCUT2D eigenvalue weighted by atomic mass is 32.2. The van der Waals surface area contributed by atoms with Crippen LogP contribution in [0.4, 0.5) is 28.4 Å². The molecule has 0 saturated carbocycles. The lowest BCUT2D eigenvalue weighted by atomic mass is 10.1. The fraction of sp³-hybridized carbons (Fsp3) is 0.0250. The molecule has 0 bridgehead atoms. The minimum Gasteiger partial charge on any atom is -0.455 e. The summed E-state index contributed by atoms with van der Waals surface area (Å²) in [7, 11) is -3.66. The first-order valence-corrected chi connectivity index (χ1v) is 17.4. The number of hydrogen-bond donors (Lipinski definition) is 7. The molecule has 1 amide bonds. The number of amides is 1. The topological polar surface area (TPSA) is 283 Å². The largest absolute Gasteiger partial charge is 0.455 e. The normalized spacial score (nSPS) is 9.65. The fourth-order valence-electron chi connectivity index (χ4n) is 4.07. The van der Waals surface area contributed by atoms with Crippen molar-refractivity contribution in [1.29, 1.82) is 5.26 Å². The maximum atomic E-state index is 10.8. The lowest BCUT2D eigenvalue weighted by Gasteiger charge is -2.07. The van der Waals surface area contributed by atoms with Crippen LogP contribution >= 0.6 is 0 Å². The van der Waals surface area contributed by atoms with Crippen LogP contribution in [0, 0.1) is 11.3 Å². The standard InChI is InChI=1S/C12H11NO.C8H9NO.C7H8N2O.C7H6N2.C6H8N2O2S/c13-11-8-4-5-9-12(11)14-10-6-2-1-3-7-10;1-6(10)7-4-2-3-5-8(7)9;8-6-4-2-1-3-5(6)7(9)10;8-5-6-3-1-2-4-7(6)9;7-5-3-1-2-4-6(5)11(8,9)10/h1-9H,13H2;2-5H,9H2,1H3;1-4H,8H2,(H2,9,10);1-4H,9H2;1-4H,7H2,(H2,8,9,10). The highest BCUT2D eigenvalue weighted by molar-refractivity contribution is 7.89. The molecule has 0 heterocycles. The van der Waals surface area contributed by atoms with Crippen molar-refractivity contribution in [1.82, 2.24) is 0 Å². The van der Waals surface area contributed by atoms with Crippen molar-refractivity contribution < 1.29 is 22.7 Å². The number of Topliss-reactive ketones (excluding diaryl/α,β-unsaturated/α-hetero) is 1. The van der Waals surface area contributed by atoms with Gasteiger partial charge in [-0.25, -0.2) is 13.6 Å². The van der Waals surface area contributed by atoms with Gasteiger partial charge in [0, 0.05) is 22.6 Å². The number of primary amides is 1. The second kappa shape index (κ2) is 21.8. The number of sulfonamides is 1. The first kappa shape index (κ1) is 42.8. The molecule has 0 fully saturated rings. The lowest BCUT2D eigenvalue weighted by Crippen LogP contribution is -2.13. The van der Waals surface area contributed by atoms with Crippen molar-refractivity contribution in [3.8, 4) is 17.6 Å². The van der Waals surface area contributed by atoms with E-state index in [4.69, 9.17) is 49.5 Å². The van der Waals surface area contributed by atoms with Gasteiger partial charge in [0.2, 0.25) is 10.0 Å². The minimum atomic E-state index is -3.66. The Morgan fingerprint density at radius 2 is 0.981 bits per heavy atom. The first-order valence-electron chi connectivity index (χ1n) is 15.8. The minimum absolute atomic E-state index is 0.0121. The number of carbonyl (C=O) groups is 2. The zero-order valence-corrected chi connectivity index (χ0v) is 30.2. The number of anilines is 5. The quantitative estimate of drug-likeness (QED) is 0.0798. The molecular formula is C40H42N8O5S. The second-order valence-electron chi connectivity index (χ2n) is 10.8. The maximum Gasteiger partial charge on any atom is 0.250 e. The number of benzene rings is 6. The third-order valence-electron chi connectivity index (χ3n) is 6.76. The molecule has 0 aromatic heterocycles. The summed E-state index contributed by atoms with van der Waals surface area (Å²) in [6.07, 6.45) is 0. The molecule has 0 aliphatic carbocycles. The summed E-state index contributed by atoms with van der Waals surface area (Å²) in [6.45, 7) is 1.51. The van der Waals surface area contributed by atoms with Crippen molar-refractivity contribution in [3.05, 3.63) is 168 Å². The summed E-state index contributed by atoms with van der Waals surface area (Å²) in [4.78, 5) is 21.3. The molecule has 0 aliphatic heterocycles. The lowest BCUT2D eigenvalue weighted by molar-refractivity contribution is 0.0997. The van der Waals surface area contributed by atoms with Gasteiger partial charge in [-0.1, -0.05) is 78.9 Å². The first-order chi connectivity index (χ1) is 25.6. The van der Waals surface area contributed by atoms with E-state index >= 15 is 0 Å². The van der Waals surface area contributed by atoms with Crippen LogP contribution in [-0.2, 0) is 10.0 Å². The predicted octanol–water partition coefficient (Wildman–Crippen LogP) is 5.96. The van der Waals surface area contributed by atoms with E-state index in [9.17, 15) is 18.0 Å². The van der Waals surface area contributed by atoms with Crippen molar-refractivity contribution in [2.24, 2.45) is 10.9 Å². The van der Waals surface area contributed by atoms with Gasteiger partial charge in [-0.15, -0.1) is 0 Å². The van der Waals surface area contributed by atoms with E-state index in [0.717, 1.165) is 5.75 Å². The Morgan fingerprint density at radius 1 is 0.556 bits per heavy atom. The van der Waals surface area contributed by atoms with E-state index < -0.39 is 15.9 Å². The number of carbonyl (C=O) groups excluding carboxylic acids is 2. The third-order valence-corrected chi connectivity index (χ3v) is 7.75. The monoisotopic (exact) mass is 746 g/mol. The summed E-state index contributed by atoms with van der Waals surface area (Å²) in [5, 5.41) is 13.2. The van der Waals surface area contributed by atoms with Gasteiger partial charge in [-0.3, -0.25) is 9.59 Å². The van der Waals surface area contributed by atoms with Gasteiger partial charge in [0.05, 0.1) is 22.5 Å². The van der Waals surface area contributed by atoms with E-state index in [0.29, 0.717) is 45.2 Å². The Balaban J connectivity index is 0.000000236. The molecule has 0 radical (unpaired) electrons. The fourth-order valence-corrected chi connectivity index (χ4v) is 4.73. The van der Waals surface area contributed by atoms with Crippen molar-refractivity contribution >= 4 is 50.2 Å². The number of ketones is 1. The number of nitriles is 1. The van der Waals surface area contributed by atoms with Gasteiger partial charge in [0.1, 0.15) is 22.5 Å². The zero-order chi connectivity index (χ0) is 40.1. The molecule has 6 rings (SSSR count). The molecule has 0 spiro atoms. The number of ether oxygens (including phenoxy) is 1. The third kappa shape index (κ3) is 14.9. The number of nitrogens with zero attached hydrogens (tertiary/aromatic N) is 1. The number of para-hydroxylation sites is 7. The predicted molar refractivity (Wildman–Crippen MR) is 215 cm³/mol. The SMILES string of the molecule is CC(=O)c1ccccc1N.N#Cc1ccccc1N.NC(=O)c1ccccc1N.Nc1ccccc1Oc1ccccc1.Nc1ccccc1S(N)(=O)=O. The summed E-state index contributed by atoms with van der Waals surface area (Å²) in [5.41, 5.74) is 36.3. The number of nitrogens with two attached hydrogens (primary N) is 7. The average Bonchev–Trinajstić information content (AvgIpc) is 3.14. The van der Waals surface area contributed by atoms with Crippen LogP contribution in [0.1, 0.15) is 33.2 Å². The number of hydrogen-bond acceptors (Lipinski definition) is 11. The van der Waals surface area contributed by atoms with Crippen LogP contribution in [-0.4, -0.2) is 20.1 Å². The molecule has 6 aromatic carbocycles. The molecule has 0 atom stereocenters. The molecular weight excluding hydrogens is 705 g/mol. The van der Waals surface area contributed by atoms with Gasteiger partial charge in [0.25, 0.3) is 5.91 Å². The molecule has 6 aromatic rings. The van der Waals surface area contributed by atoms with E-state index in [-0.39, 0.29) is 16.4 Å². The molecule has 14 N–H and O–H groups in total. The van der Waals surface area contributed by atoms with Crippen LogP contribution in [0.25, 0.3) is 0 Å². The number of rotatable bonds is 5. The van der Waals surface area contributed by atoms with Crippen molar-refractivity contribution in [2.45, 2.75) is 11.8 Å². The molecule has 14 heteroatoms. The molecule has 54 heavy (non-hydrogen) atoms. The Labute approximate surface area is 314 Å². The van der Waals surface area contributed by atoms with Gasteiger partial charge in [0.15, 0.2) is 5.78 Å². The second-order valence-corrected chi connectivity index (χ2v) is 12.4. The van der Waals surface area contributed by atoms with Gasteiger partial charge in [-0.05, 0) is 79.7 Å². The Morgan fingerprint density at radius 3 is 1.35 bits per heavy atom. The summed E-state index contributed by atoms with van der Waals surface area (Å²) >= 11 is 0. The average molecular weight is 747 g/mol. The van der Waals surface area contributed by atoms with Crippen molar-refractivity contribution in [2.75, 3.05) is 28.7 Å². The van der Waals surface area contributed by atoms with E-state index in [2.05, 4.69) is 0 Å². The Kier molecular flexibility index (Phi) is 17.3. The molecule has 0 saturated heterocycles. The molecule has 278 valence electrons. The van der Waals surface area contributed by atoms with Gasteiger partial charge >= 0.3 is 0 Å². The number of primary sulfonamides is 1. The highest BCUT2D eigenvalue weighted by Gasteiger charge is 2.09. The van der Waals surface area contributed by atoms with E-state index in [1.807, 2.05) is 66.7 Å². The highest BCUT2D eigenvalue weighted by Crippen LogP contribution is 2.26. The smallest absolute Gasteiger partial charge is 0.250 e. The van der Waals surface area contributed by atoms with Crippen LogP contribution in [0.5, 0.6) is 11.5 Å². The van der Waals surface area contributed by atoms with Gasteiger partial charge < -0.3 is 39.1 Å². The molecule has 0 aliphatic rings. The number of nitrogen functional groups attached to an aromatic ring is 5. The Bertz CT molecular complexity index is 2220. The zero-order valence-electron chi connectivity index (χ0n) is 29.4. The van der Waals surface area contributed by atoms with Crippen molar-refractivity contribution in [3.63, 3.8) is 0 Å². The Hall–Kier alpha value is -7.34. The maximum absolute atomic E-state index is 10.8. The van der Waals surface area contributed by atoms with Crippen LogP contribution < -0.4 is 44.3 Å². The van der Waals surface area contributed by atoms with Crippen LogP contribution in [0.3, 0.4) is 0 Å². The van der Waals surface area contributed by atoms with Crippen LogP contribution in [0.15, 0.2) is 157 Å². The van der Waals surface area contributed by atoms with Crippen LogP contribution in [0.2, 0.25) is 0 Å². The molecule has 13 nitrogen and oxygen atoms in total. The van der Waals surface area contributed by atoms with E-state index in [1.54, 1.807) is 78.9 Å².